The van der Waals surface area contributed by atoms with Gasteiger partial charge in [-0.05, 0) is 24.3 Å². The van der Waals surface area contributed by atoms with Crippen molar-refractivity contribution in [2.75, 3.05) is 0 Å². The second kappa shape index (κ2) is 5.85. The summed E-state index contributed by atoms with van der Waals surface area (Å²) in [5, 5.41) is 11.4. The molecule has 0 aliphatic heterocycles. The molecule has 0 N–H and O–H groups in total. The number of benzene rings is 1. The number of Topliss-reactive ketones (excluding diaryl/α,β-unsaturated/α-hetero) is 1. The van der Waals surface area contributed by atoms with Crippen molar-refractivity contribution >= 4 is 57.9 Å². The van der Waals surface area contributed by atoms with Crippen molar-refractivity contribution in [1.29, 1.82) is 0 Å². The Balaban J connectivity index is 2.65. The van der Waals surface area contributed by atoms with Crippen LogP contribution < -0.4 is 0 Å². The van der Waals surface area contributed by atoms with Crippen LogP contribution in [0, 0.1) is 10.1 Å². The minimum absolute atomic E-state index is 0.000340. The number of alkyl halides is 3. The molecule has 0 unspecified atom stereocenters. The Morgan fingerprint density at radius 1 is 1.24 bits per heavy atom. The van der Waals surface area contributed by atoms with E-state index in [0.717, 1.165) is 0 Å². The third kappa shape index (κ3) is 3.32. The van der Waals surface area contributed by atoms with Gasteiger partial charge in [0.15, 0.2) is 0 Å². The zero-order valence-electron chi connectivity index (χ0n) is 10.1. The summed E-state index contributed by atoms with van der Waals surface area (Å²) in [7, 11) is 0. The molecule has 0 atom stereocenters. The van der Waals surface area contributed by atoms with Crippen molar-refractivity contribution in [2.45, 2.75) is 3.79 Å². The summed E-state index contributed by atoms with van der Waals surface area (Å²) in [4.78, 5) is 22.6. The summed E-state index contributed by atoms with van der Waals surface area (Å²) in [6.45, 7) is 0. The molecule has 0 bridgehead atoms. The zero-order valence-corrected chi connectivity index (χ0v) is 13.1. The molecule has 2 rings (SSSR count). The van der Waals surface area contributed by atoms with Gasteiger partial charge in [0.2, 0.25) is 5.78 Å². The molecule has 1 aromatic heterocycles. The van der Waals surface area contributed by atoms with E-state index in [1.807, 2.05) is 0 Å². The van der Waals surface area contributed by atoms with Gasteiger partial charge in [0.25, 0.3) is 9.48 Å². The standard InChI is InChI=1S/C12H6Cl4N2O3/c13-7-3-4-8(18(20)21)10(6-7)17-5-1-2-9(17)11(19)12(14,15)16/h1-6H. The fourth-order valence-corrected chi connectivity index (χ4v) is 2.22. The highest BCUT2D eigenvalue weighted by molar-refractivity contribution is 6.77. The first-order chi connectivity index (χ1) is 9.71. The second-order valence-electron chi connectivity index (χ2n) is 3.98. The number of carbonyl (C=O) groups excluding carboxylic acids is 1. The largest absolute Gasteiger partial charge is 0.308 e. The molecule has 0 amide bonds. The number of carbonyl (C=O) groups is 1. The normalized spacial score (nSPS) is 11.4. The zero-order chi connectivity index (χ0) is 15.8. The van der Waals surface area contributed by atoms with E-state index in [1.165, 1.54) is 41.1 Å². The Labute approximate surface area is 139 Å². The molecule has 9 heteroatoms. The number of nitro benzene ring substituents is 1. The van der Waals surface area contributed by atoms with Crippen LogP contribution in [-0.4, -0.2) is 19.1 Å². The molecule has 21 heavy (non-hydrogen) atoms. The third-order valence-corrected chi connectivity index (χ3v) is 3.38. The Hall–Kier alpha value is -1.27. The number of hydrogen-bond acceptors (Lipinski definition) is 3. The Morgan fingerprint density at radius 3 is 2.48 bits per heavy atom. The molecule has 0 aliphatic carbocycles. The van der Waals surface area contributed by atoms with Crippen LogP contribution in [0.15, 0.2) is 36.5 Å². The van der Waals surface area contributed by atoms with Crippen LogP contribution in [0.25, 0.3) is 5.69 Å². The highest BCUT2D eigenvalue weighted by Gasteiger charge is 2.34. The van der Waals surface area contributed by atoms with Crippen molar-refractivity contribution in [3.8, 4) is 5.69 Å². The first kappa shape index (κ1) is 16.1. The quantitative estimate of drug-likeness (QED) is 0.345. The van der Waals surface area contributed by atoms with E-state index in [2.05, 4.69) is 0 Å². The number of halogens is 4. The molecule has 2 aromatic rings. The summed E-state index contributed by atoms with van der Waals surface area (Å²) < 4.78 is -0.905. The van der Waals surface area contributed by atoms with Crippen LogP contribution in [0.4, 0.5) is 5.69 Å². The lowest BCUT2D eigenvalue weighted by Crippen LogP contribution is -2.22. The minimum Gasteiger partial charge on any atom is -0.308 e. The molecule has 0 radical (unpaired) electrons. The van der Waals surface area contributed by atoms with Crippen molar-refractivity contribution in [3.05, 3.63) is 57.4 Å². The molecule has 0 aliphatic rings. The molecule has 0 saturated carbocycles. The number of aromatic nitrogens is 1. The van der Waals surface area contributed by atoms with Crippen molar-refractivity contribution in [2.24, 2.45) is 0 Å². The molecular formula is C12H6Cl4N2O3. The average molecular weight is 368 g/mol. The molecular weight excluding hydrogens is 362 g/mol. The maximum atomic E-state index is 12.1. The Morgan fingerprint density at radius 2 is 1.90 bits per heavy atom. The number of nitro groups is 1. The van der Waals surface area contributed by atoms with Crippen molar-refractivity contribution < 1.29 is 9.72 Å². The molecule has 1 aromatic carbocycles. The lowest BCUT2D eigenvalue weighted by Gasteiger charge is -2.13. The van der Waals surface area contributed by atoms with Gasteiger partial charge in [0.1, 0.15) is 5.69 Å². The number of ketones is 1. The minimum atomic E-state index is -2.16. The van der Waals surface area contributed by atoms with Crippen molar-refractivity contribution in [1.82, 2.24) is 4.57 Å². The van der Waals surface area contributed by atoms with E-state index in [-0.39, 0.29) is 22.1 Å². The molecule has 0 spiro atoms. The first-order valence-corrected chi connectivity index (χ1v) is 6.96. The third-order valence-electron chi connectivity index (χ3n) is 2.63. The fourth-order valence-electron chi connectivity index (χ4n) is 1.77. The predicted octanol–water partition coefficient (Wildman–Crippen LogP) is 4.59. The van der Waals surface area contributed by atoms with Gasteiger partial charge in [-0.15, -0.1) is 0 Å². The van der Waals surface area contributed by atoms with Crippen LogP contribution in [-0.2, 0) is 0 Å². The van der Waals surface area contributed by atoms with Gasteiger partial charge in [-0.1, -0.05) is 46.4 Å². The van der Waals surface area contributed by atoms with E-state index < -0.39 is 14.5 Å². The van der Waals surface area contributed by atoms with E-state index >= 15 is 0 Å². The topological polar surface area (TPSA) is 65.1 Å². The summed E-state index contributed by atoms with van der Waals surface area (Å²) >= 11 is 22.6. The lowest BCUT2D eigenvalue weighted by atomic mass is 10.2. The van der Waals surface area contributed by atoms with Gasteiger partial charge in [0, 0.05) is 17.3 Å². The number of hydrogen-bond donors (Lipinski definition) is 0. The van der Waals surface area contributed by atoms with Crippen LogP contribution in [0.2, 0.25) is 5.02 Å². The van der Waals surface area contributed by atoms with Gasteiger partial charge >= 0.3 is 0 Å². The summed E-state index contributed by atoms with van der Waals surface area (Å²) in [6.07, 6.45) is 1.45. The molecule has 110 valence electrons. The van der Waals surface area contributed by atoms with Crippen LogP contribution >= 0.6 is 46.4 Å². The fraction of sp³-hybridized carbons (Fsp3) is 0.0833. The Bertz CT molecular complexity index is 722. The number of rotatable bonds is 3. The predicted molar refractivity (Wildman–Crippen MR) is 82.1 cm³/mol. The molecule has 0 fully saturated rings. The maximum Gasteiger partial charge on any atom is 0.293 e. The summed E-state index contributed by atoms with van der Waals surface area (Å²) in [5.74, 6) is -0.799. The number of nitrogens with zero attached hydrogens (tertiary/aromatic N) is 2. The summed E-state index contributed by atoms with van der Waals surface area (Å²) in [5.41, 5.74) is -0.121. The van der Waals surface area contributed by atoms with Gasteiger partial charge in [-0.2, -0.15) is 0 Å². The van der Waals surface area contributed by atoms with E-state index in [1.54, 1.807) is 0 Å². The smallest absolute Gasteiger partial charge is 0.293 e. The van der Waals surface area contributed by atoms with Gasteiger partial charge < -0.3 is 4.57 Å². The average Bonchev–Trinajstić information content (AvgIpc) is 2.84. The maximum absolute atomic E-state index is 12.1. The van der Waals surface area contributed by atoms with Gasteiger partial charge in [0.05, 0.1) is 10.6 Å². The monoisotopic (exact) mass is 366 g/mol. The molecule has 5 nitrogen and oxygen atoms in total. The summed E-state index contributed by atoms with van der Waals surface area (Å²) in [6, 6.07) is 6.88. The van der Waals surface area contributed by atoms with Gasteiger partial charge in [-0.25, -0.2) is 0 Å². The van der Waals surface area contributed by atoms with Gasteiger partial charge in [-0.3, -0.25) is 14.9 Å². The second-order valence-corrected chi connectivity index (χ2v) is 6.70. The highest BCUT2D eigenvalue weighted by Crippen LogP contribution is 2.33. The van der Waals surface area contributed by atoms with Crippen molar-refractivity contribution in [3.63, 3.8) is 0 Å². The van der Waals surface area contributed by atoms with Crippen LogP contribution in [0.1, 0.15) is 10.5 Å². The first-order valence-electron chi connectivity index (χ1n) is 5.45. The van der Waals surface area contributed by atoms with E-state index in [4.69, 9.17) is 46.4 Å². The van der Waals surface area contributed by atoms with Crippen LogP contribution in [0.3, 0.4) is 0 Å². The van der Waals surface area contributed by atoms with E-state index in [9.17, 15) is 14.9 Å². The molecule has 1 heterocycles. The Kier molecular flexibility index (Phi) is 4.49. The molecule has 0 saturated heterocycles. The lowest BCUT2D eigenvalue weighted by molar-refractivity contribution is -0.384. The SMILES string of the molecule is O=C(c1cccn1-c1cc(Cl)ccc1[N+](=O)[O-])C(Cl)(Cl)Cl. The van der Waals surface area contributed by atoms with Crippen LogP contribution in [0.5, 0.6) is 0 Å². The highest BCUT2D eigenvalue weighted by atomic mass is 35.6. The van der Waals surface area contributed by atoms with E-state index in [0.29, 0.717) is 0 Å².